The molecule has 0 bridgehead atoms. The summed E-state index contributed by atoms with van der Waals surface area (Å²) in [4.78, 5) is 16.5. The molecular weight excluding hydrogens is 291 g/mol. The molecule has 0 saturated heterocycles. The van der Waals surface area contributed by atoms with E-state index in [2.05, 4.69) is 11.6 Å². The largest absolute Gasteiger partial charge is 0.459 e. The number of aromatic nitrogens is 1. The first-order valence-electron chi connectivity index (χ1n) is 6.22. The van der Waals surface area contributed by atoms with Gasteiger partial charge in [-0.2, -0.15) is 4.99 Å². The number of rotatable bonds is 3. The molecule has 0 N–H and O–H groups in total. The van der Waals surface area contributed by atoms with Crippen LogP contribution < -0.4 is 4.80 Å². The van der Waals surface area contributed by atoms with Crippen molar-refractivity contribution in [2.24, 2.45) is 4.99 Å². The van der Waals surface area contributed by atoms with Gasteiger partial charge in [0.15, 0.2) is 10.6 Å². The molecule has 0 saturated carbocycles. The van der Waals surface area contributed by atoms with E-state index in [0.29, 0.717) is 16.9 Å². The van der Waals surface area contributed by atoms with Crippen LogP contribution in [0.5, 0.6) is 0 Å². The molecule has 0 unspecified atom stereocenters. The number of carbonyl (C=O) groups is 1. The molecule has 0 spiro atoms. The monoisotopic (exact) mass is 302 g/mol. The van der Waals surface area contributed by atoms with E-state index in [-0.39, 0.29) is 11.6 Å². The Labute approximate surface area is 123 Å². The van der Waals surface area contributed by atoms with Gasteiger partial charge in [0, 0.05) is 6.54 Å². The van der Waals surface area contributed by atoms with Gasteiger partial charge in [0.25, 0.3) is 0 Å². The summed E-state index contributed by atoms with van der Waals surface area (Å²) in [5.41, 5.74) is 0.424. The van der Waals surface area contributed by atoms with Crippen LogP contribution >= 0.6 is 11.3 Å². The molecular formula is C15H11FN2O2S. The van der Waals surface area contributed by atoms with Crippen molar-refractivity contribution in [1.82, 2.24) is 4.57 Å². The van der Waals surface area contributed by atoms with Crippen molar-refractivity contribution in [3.05, 3.63) is 65.6 Å². The Kier molecular flexibility index (Phi) is 3.53. The number of hydrogen-bond donors (Lipinski definition) is 0. The number of amides is 1. The van der Waals surface area contributed by atoms with Gasteiger partial charge >= 0.3 is 5.91 Å². The normalized spacial score (nSPS) is 12.0. The van der Waals surface area contributed by atoms with Gasteiger partial charge in [-0.1, -0.05) is 23.5 Å². The number of hydrogen-bond acceptors (Lipinski definition) is 3. The average Bonchev–Trinajstić information content (AvgIpc) is 3.09. The molecule has 2 aromatic heterocycles. The van der Waals surface area contributed by atoms with Gasteiger partial charge in [0.05, 0.1) is 16.5 Å². The van der Waals surface area contributed by atoms with Crippen LogP contribution in [0.25, 0.3) is 10.2 Å². The number of fused-ring (bicyclic) bond motifs is 1. The summed E-state index contributed by atoms with van der Waals surface area (Å²) < 4.78 is 21.4. The molecule has 6 heteroatoms. The van der Waals surface area contributed by atoms with Crippen molar-refractivity contribution < 1.29 is 13.6 Å². The molecule has 0 aliphatic carbocycles. The third-order valence-corrected chi connectivity index (χ3v) is 3.94. The second-order valence-corrected chi connectivity index (χ2v) is 5.27. The molecule has 4 nitrogen and oxygen atoms in total. The van der Waals surface area contributed by atoms with E-state index in [9.17, 15) is 9.18 Å². The van der Waals surface area contributed by atoms with Crippen LogP contribution in [0.1, 0.15) is 10.6 Å². The van der Waals surface area contributed by atoms with Crippen LogP contribution in [0.2, 0.25) is 0 Å². The summed E-state index contributed by atoms with van der Waals surface area (Å²) in [6.45, 7) is 4.02. The summed E-state index contributed by atoms with van der Waals surface area (Å²) in [6, 6.07) is 7.96. The maximum absolute atomic E-state index is 14.0. The van der Waals surface area contributed by atoms with Crippen molar-refractivity contribution >= 4 is 27.5 Å². The minimum absolute atomic E-state index is 0.151. The molecule has 0 radical (unpaired) electrons. The number of thiazole rings is 1. The Morgan fingerprint density at radius 2 is 2.29 bits per heavy atom. The van der Waals surface area contributed by atoms with E-state index in [1.165, 1.54) is 29.7 Å². The lowest BCUT2D eigenvalue weighted by molar-refractivity contribution is 0.0971. The fourth-order valence-electron chi connectivity index (χ4n) is 2.01. The van der Waals surface area contributed by atoms with Crippen LogP contribution in [-0.4, -0.2) is 10.5 Å². The number of carbonyl (C=O) groups excluding carboxylic acids is 1. The zero-order valence-corrected chi connectivity index (χ0v) is 11.8. The van der Waals surface area contributed by atoms with Crippen molar-refractivity contribution in [2.45, 2.75) is 6.54 Å². The number of allylic oxidation sites excluding steroid dienone is 1. The van der Waals surface area contributed by atoms with Gasteiger partial charge < -0.3 is 8.98 Å². The Hall–Kier alpha value is -2.47. The van der Waals surface area contributed by atoms with E-state index in [4.69, 9.17) is 4.42 Å². The molecule has 1 amide bonds. The number of para-hydroxylation sites is 1. The summed E-state index contributed by atoms with van der Waals surface area (Å²) in [6.07, 6.45) is 3.04. The first kappa shape index (κ1) is 13.5. The van der Waals surface area contributed by atoms with Gasteiger partial charge in [0.1, 0.15) is 5.82 Å². The second kappa shape index (κ2) is 5.49. The van der Waals surface area contributed by atoms with Gasteiger partial charge in [0.2, 0.25) is 0 Å². The SMILES string of the molecule is C=CCn1c(=NC(=O)c2ccco2)sc2cccc(F)c21. The van der Waals surface area contributed by atoms with Crippen LogP contribution in [0.4, 0.5) is 4.39 Å². The highest BCUT2D eigenvalue weighted by Gasteiger charge is 2.12. The van der Waals surface area contributed by atoms with Crippen LogP contribution in [0.3, 0.4) is 0 Å². The molecule has 1 aromatic carbocycles. The highest BCUT2D eigenvalue weighted by atomic mass is 32.1. The zero-order chi connectivity index (χ0) is 14.8. The lowest BCUT2D eigenvalue weighted by atomic mass is 10.3. The fraction of sp³-hybridized carbons (Fsp3) is 0.0667. The summed E-state index contributed by atoms with van der Waals surface area (Å²) in [5.74, 6) is -0.694. The van der Waals surface area contributed by atoms with Crippen LogP contribution in [-0.2, 0) is 6.54 Å². The van der Waals surface area contributed by atoms with Gasteiger partial charge in [-0.15, -0.1) is 6.58 Å². The molecule has 3 aromatic rings. The van der Waals surface area contributed by atoms with Crippen LogP contribution in [0, 0.1) is 5.82 Å². The molecule has 0 aliphatic rings. The zero-order valence-electron chi connectivity index (χ0n) is 11.0. The number of nitrogens with zero attached hydrogens (tertiary/aromatic N) is 2. The van der Waals surface area contributed by atoms with E-state index in [1.54, 1.807) is 28.8 Å². The molecule has 21 heavy (non-hydrogen) atoms. The van der Waals surface area contributed by atoms with E-state index < -0.39 is 5.91 Å². The Balaban J connectivity index is 2.22. The second-order valence-electron chi connectivity index (χ2n) is 4.26. The molecule has 3 rings (SSSR count). The smallest absolute Gasteiger partial charge is 0.315 e. The number of halogens is 1. The Bertz CT molecular complexity index is 875. The minimum atomic E-state index is -0.496. The molecule has 106 valence electrons. The predicted molar refractivity (Wildman–Crippen MR) is 78.6 cm³/mol. The van der Waals surface area contributed by atoms with Crippen molar-refractivity contribution in [2.75, 3.05) is 0 Å². The van der Waals surface area contributed by atoms with Gasteiger partial charge in [-0.25, -0.2) is 4.39 Å². The number of furan rings is 1. The first-order valence-corrected chi connectivity index (χ1v) is 7.03. The van der Waals surface area contributed by atoms with Crippen molar-refractivity contribution in [3.8, 4) is 0 Å². The quantitative estimate of drug-likeness (QED) is 0.696. The molecule has 2 heterocycles. The lowest BCUT2D eigenvalue weighted by Gasteiger charge is -2.01. The summed E-state index contributed by atoms with van der Waals surface area (Å²) in [7, 11) is 0. The van der Waals surface area contributed by atoms with Crippen LogP contribution in [0.15, 0.2) is 58.7 Å². The highest BCUT2D eigenvalue weighted by molar-refractivity contribution is 7.16. The predicted octanol–water partition coefficient (Wildman–Crippen LogP) is 3.36. The van der Waals surface area contributed by atoms with E-state index in [1.807, 2.05) is 0 Å². The standard InChI is InChI=1S/C15H11FN2O2S/c1-2-8-18-13-10(16)5-3-7-12(13)21-15(18)17-14(19)11-6-4-9-20-11/h2-7,9H,1,8H2. The molecule has 0 atom stereocenters. The molecule has 0 fully saturated rings. The van der Waals surface area contributed by atoms with Crippen molar-refractivity contribution in [3.63, 3.8) is 0 Å². The third kappa shape index (κ3) is 2.45. The maximum atomic E-state index is 14.0. The maximum Gasteiger partial charge on any atom is 0.315 e. The first-order chi connectivity index (χ1) is 10.2. The average molecular weight is 302 g/mol. The highest BCUT2D eigenvalue weighted by Crippen LogP contribution is 2.20. The Morgan fingerprint density at radius 1 is 1.43 bits per heavy atom. The molecule has 0 aliphatic heterocycles. The number of benzene rings is 1. The fourth-order valence-corrected chi connectivity index (χ4v) is 3.07. The topological polar surface area (TPSA) is 47.5 Å². The Morgan fingerprint density at radius 3 is 3.00 bits per heavy atom. The van der Waals surface area contributed by atoms with E-state index in [0.717, 1.165) is 4.70 Å². The minimum Gasteiger partial charge on any atom is -0.459 e. The van der Waals surface area contributed by atoms with Gasteiger partial charge in [-0.05, 0) is 24.3 Å². The third-order valence-electron chi connectivity index (χ3n) is 2.89. The van der Waals surface area contributed by atoms with E-state index >= 15 is 0 Å². The summed E-state index contributed by atoms with van der Waals surface area (Å²) >= 11 is 1.25. The lowest BCUT2D eigenvalue weighted by Crippen LogP contribution is -2.16. The summed E-state index contributed by atoms with van der Waals surface area (Å²) in [5, 5.41) is 0. The van der Waals surface area contributed by atoms with Crippen molar-refractivity contribution in [1.29, 1.82) is 0 Å². The van der Waals surface area contributed by atoms with Gasteiger partial charge in [-0.3, -0.25) is 4.79 Å².